The molecule has 0 bridgehead atoms. The number of carbonyl (C=O) groups is 1. The van der Waals surface area contributed by atoms with Crippen molar-refractivity contribution in [2.24, 2.45) is 5.92 Å². The van der Waals surface area contributed by atoms with Gasteiger partial charge in [-0.1, -0.05) is 28.1 Å². The highest BCUT2D eigenvalue weighted by atomic mass is 79.9. The Kier molecular flexibility index (Phi) is 4.38. The van der Waals surface area contributed by atoms with E-state index in [9.17, 15) is 4.79 Å². The van der Waals surface area contributed by atoms with Gasteiger partial charge in [0.15, 0.2) is 0 Å². The van der Waals surface area contributed by atoms with Gasteiger partial charge in [0, 0.05) is 24.0 Å². The van der Waals surface area contributed by atoms with Gasteiger partial charge in [-0.3, -0.25) is 4.79 Å². The number of halogens is 1. The molecule has 0 aromatic heterocycles. The summed E-state index contributed by atoms with van der Waals surface area (Å²) < 4.78 is 1.06. The topological polar surface area (TPSA) is 44.1 Å². The fourth-order valence-electron chi connectivity index (χ4n) is 2.18. The predicted octanol–water partition coefficient (Wildman–Crippen LogP) is 2.75. The molecule has 1 aromatic carbocycles. The number of likely N-dealkylation sites (tertiary alicyclic amines) is 1. The van der Waals surface area contributed by atoms with Gasteiger partial charge < -0.3 is 4.90 Å². The second-order valence-electron chi connectivity index (χ2n) is 4.58. The molecule has 4 heteroatoms. The first-order valence-electron chi connectivity index (χ1n) is 6.11. The molecule has 1 fully saturated rings. The molecular formula is C14H15BrN2O. The lowest BCUT2D eigenvalue weighted by atomic mass is 9.97. The van der Waals surface area contributed by atoms with Crippen molar-refractivity contribution in [1.82, 2.24) is 4.90 Å². The number of hydrogen-bond acceptors (Lipinski definition) is 2. The Hall–Kier alpha value is -1.34. The maximum absolute atomic E-state index is 11.8. The molecule has 1 atom stereocenters. The fourth-order valence-corrected chi connectivity index (χ4v) is 2.63. The quantitative estimate of drug-likeness (QED) is 0.862. The summed E-state index contributed by atoms with van der Waals surface area (Å²) in [5.74, 6) is 0.0300. The number of nitrogens with zero attached hydrogens (tertiary/aromatic N) is 2. The van der Waals surface area contributed by atoms with Gasteiger partial charge >= 0.3 is 0 Å². The zero-order valence-electron chi connectivity index (χ0n) is 10.1. The lowest BCUT2D eigenvalue weighted by Crippen LogP contribution is -2.39. The Morgan fingerprint density at radius 2 is 2.33 bits per heavy atom. The molecule has 0 radical (unpaired) electrons. The van der Waals surface area contributed by atoms with E-state index in [1.807, 2.05) is 17.0 Å². The third-order valence-corrected chi connectivity index (χ3v) is 3.76. The maximum Gasteiger partial charge on any atom is 0.223 e. The summed E-state index contributed by atoms with van der Waals surface area (Å²) in [5, 5.41) is 8.81. The van der Waals surface area contributed by atoms with Crippen LogP contribution in [0.25, 0.3) is 0 Å². The van der Waals surface area contributed by atoms with Gasteiger partial charge in [0.05, 0.1) is 12.0 Å². The van der Waals surface area contributed by atoms with E-state index < -0.39 is 0 Å². The summed E-state index contributed by atoms with van der Waals surface area (Å²) in [6.07, 6.45) is 2.05. The van der Waals surface area contributed by atoms with Crippen LogP contribution >= 0.6 is 15.9 Å². The molecule has 0 aliphatic carbocycles. The monoisotopic (exact) mass is 306 g/mol. The molecule has 1 heterocycles. The van der Waals surface area contributed by atoms with Gasteiger partial charge in [-0.2, -0.15) is 5.26 Å². The van der Waals surface area contributed by atoms with E-state index in [1.165, 1.54) is 5.56 Å². The Labute approximate surface area is 116 Å². The van der Waals surface area contributed by atoms with Crippen LogP contribution in [-0.4, -0.2) is 23.9 Å². The minimum Gasteiger partial charge on any atom is -0.342 e. The number of piperidine rings is 1. The average molecular weight is 307 g/mol. The molecule has 1 unspecified atom stereocenters. The summed E-state index contributed by atoms with van der Waals surface area (Å²) in [4.78, 5) is 13.7. The van der Waals surface area contributed by atoms with Crippen molar-refractivity contribution in [3.05, 3.63) is 34.3 Å². The lowest BCUT2D eigenvalue weighted by Gasteiger charge is -2.29. The summed E-state index contributed by atoms with van der Waals surface area (Å²) in [6, 6.07) is 10.3. The third-order valence-electron chi connectivity index (χ3n) is 3.26. The molecule has 0 saturated carbocycles. The smallest absolute Gasteiger partial charge is 0.223 e. The van der Waals surface area contributed by atoms with Gasteiger partial charge in [0.25, 0.3) is 0 Å². The van der Waals surface area contributed by atoms with Crippen molar-refractivity contribution in [1.29, 1.82) is 5.26 Å². The average Bonchev–Trinajstić information content (AvgIpc) is 2.37. The van der Waals surface area contributed by atoms with E-state index in [4.69, 9.17) is 5.26 Å². The van der Waals surface area contributed by atoms with Crippen LogP contribution in [-0.2, 0) is 11.2 Å². The van der Waals surface area contributed by atoms with E-state index in [0.717, 1.165) is 23.9 Å². The highest BCUT2D eigenvalue weighted by Crippen LogP contribution is 2.18. The number of nitriles is 1. The normalized spacial score (nSPS) is 19.7. The lowest BCUT2D eigenvalue weighted by molar-refractivity contribution is -0.134. The molecule has 18 heavy (non-hydrogen) atoms. The Morgan fingerprint density at radius 1 is 1.50 bits per heavy atom. The summed E-state index contributed by atoms with van der Waals surface area (Å²) in [6.45, 7) is 1.46. The van der Waals surface area contributed by atoms with E-state index in [0.29, 0.717) is 13.0 Å². The minimum atomic E-state index is -0.0837. The minimum absolute atomic E-state index is 0.0837. The fraction of sp³-hybridized carbons (Fsp3) is 0.429. The molecule has 1 aliphatic rings. The second kappa shape index (κ2) is 6.01. The van der Waals surface area contributed by atoms with Crippen LogP contribution in [0.2, 0.25) is 0 Å². The molecule has 0 N–H and O–H groups in total. The molecule has 94 valence electrons. The van der Waals surface area contributed by atoms with Crippen molar-refractivity contribution in [2.45, 2.75) is 19.3 Å². The third kappa shape index (κ3) is 3.33. The summed E-state index contributed by atoms with van der Waals surface area (Å²) in [5.41, 5.74) is 1.22. The number of amides is 1. The van der Waals surface area contributed by atoms with Crippen LogP contribution in [0.15, 0.2) is 28.7 Å². The molecule has 2 rings (SSSR count). The molecule has 1 saturated heterocycles. The number of benzene rings is 1. The van der Waals surface area contributed by atoms with E-state index in [-0.39, 0.29) is 11.8 Å². The van der Waals surface area contributed by atoms with Crippen LogP contribution in [0, 0.1) is 17.2 Å². The first-order chi connectivity index (χ1) is 8.69. The van der Waals surface area contributed by atoms with Gasteiger partial charge in [-0.25, -0.2) is 0 Å². The Bertz CT molecular complexity index is 481. The van der Waals surface area contributed by atoms with Crippen molar-refractivity contribution in [3.8, 4) is 6.07 Å². The van der Waals surface area contributed by atoms with E-state index >= 15 is 0 Å². The van der Waals surface area contributed by atoms with Crippen LogP contribution < -0.4 is 0 Å². The Balaban J connectivity index is 1.88. The standard InChI is InChI=1S/C14H15BrN2O/c15-13-3-1-2-11(8-13)4-6-17-7-5-12(10-16)9-14(17)18/h1-3,8,12H,4-7,9H2. The van der Waals surface area contributed by atoms with Gasteiger partial charge in [0.2, 0.25) is 5.91 Å². The Morgan fingerprint density at radius 3 is 3.00 bits per heavy atom. The largest absolute Gasteiger partial charge is 0.342 e. The van der Waals surface area contributed by atoms with Crippen LogP contribution in [0.3, 0.4) is 0 Å². The SMILES string of the molecule is N#CC1CCN(CCc2cccc(Br)c2)C(=O)C1. The molecule has 1 aromatic rings. The van der Waals surface area contributed by atoms with E-state index in [2.05, 4.69) is 34.1 Å². The number of carbonyl (C=O) groups excluding carboxylic acids is 1. The zero-order chi connectivity index (χ0) is 13.0. The van der Waals surface area contributed by atoms with Gasteiger partial charge in [0.1, 0.15) is 0 Å². The maximum atomic E-state index is 11.8. The van der Waals surface area contributed by atoms with Crippen molar-refractivity contribution < 1.29 is 4.79 Å². The van der Waals surface area contributed by atoms with Crippen LogP contribution in [0.5, 0.6) is 0 Å². The highest BCUT2D eigenvalue weighted by molar-refractivity contribution is 9.10. The first-order valence-corrected chi connectivity index (χ1v) is 6.90. The number of hydrogen-bond donors (Lipinski definition) is 0. The zero-order valence-corrected chi connectivity index (χ0v) is 11.7. The van der Waals surface area contributed by atoms with Crippen molar-refractivity contribution in [2.75, 3.05) is 13.1 Å². The van der Waals surface area contributed by atoms with Crippen LogP contribution in [0.4, 0.5) is 0 Å². The van der Waals surface area contributed by atoms with E-state index in [1.54, 1.807) is 0 Å². The summed E-state index contributed by atoms with van der Waals surface area (Å²) in [7, 11) is 0. The molecule has 0 spiro atoms. The molecule has 1 aliphatic heterocycles. The number of rotatable bonds is 3. The van der Waals surface area contributed by atoms with Crippen molar-refractivity contribution in [3.63, 3.8) is 0 Å². The van der Waals surface area contributed by atoms with Crippen LogP contribution in [0.1, 0.15) is 18.4 Å². The highest BCUT2D eigenvalue weighted by Gasteiger charge is 2.24. The van der Waals surface area contributed by atoms with Gasteiger partial charge in [-0.15, -0.1) is 0 Å². The predicted molar refractivity (Wildman–Crippen MR) is 72.8 cm³/mol. The van der Waals surface area contributed by atoms with Gasteiger partial charge in [-0.05, 0) is 30.5 Å². The molecular weight excluding hydrogens is 292 g/mol. The first kappa shape index (κ1) is 13.1. The molecule has 3 nitrogen and oxygen atoms in total. The van der Waals surface area contributed by atoms with Crippen molar-refractivity contribution >= 4 is 21.8 Å². The summed E-state index contributed by atoms with van der Waals surface area (Å²) >= 11 is 3.44. The second-order valence-corrected chi connectivity index (χ2v) is 5.50. The molecule has 1 amide bonds.